The molecule has 1 fully saturated rings. The molecule has 6 N–H and O–H groups in total. The molecule has 3 amide bonds. The number of carboxylic acids is 1. The van der Waals surface area contributed by atoms with Gasteiger partial charge in [0.05, 0.1) is 6.04 Å². The van der Waals surface area contributed by atoms with E-state index in [4.69, 9.17) is 0 Å². The van der Waals surface area contributed by atoms with E-state index in [-0.39, 0.29) is 30.4 Å². The quantitative estimate of drug-likeness (QED) is 0.226. The molecule has 0 aliphatic carbocycles. The fourth-order valence-electron chi connectivity index (χ4n) is 4.53. The molecule has 1 aliphatic rings. The van der Waals surface area contributed by atoms with Crippen molar-refractivity contribution >= 4 is 23.7 Å². The van der Waals surface area contributed by atoms with Crippen LogP contribution in [0.4, 0.5) is 0 Å². The molecule has 210 valence electrons. The smallest absolute Gasteiger partial charge is 0.326 e. The van der Waals surface area contributed by atoms with Gasteiger partial charge >= 0.3 is 5.97 Å². The van der Waals surface area contributed by atoms with Crippen LogP contribution in [0.1, 0.15) is 44.2 Å². The van der Waals surface area contributed by atoms with Crippen LogP contribution >= 0.6 is 0 Å². The maximum absolute atomic E-state index is 13.6. The summed E-state index contributed by atoms with van der Waals surface area (Å²) in [5, 5.41) is 30.6. The first kappa shape index (κ1) is 29.6. The van der Waals surface area contributed by atoms with Gasteiger partial charge in [-0.25, -0.2) is 4.79 Å². The summed E-state index contributed by atoms with van der Waals surface area (Å²) < 4.78 is 0. The largest absolute Gasteiger partial charge is 0.508 e. The van der Waals surface area contributed by atoms with Crippen LogP contribution in [0.15, 0.2) is 54.6 Å². The van der Waals surface area contributed by atoms with Crippen LogP contribution in [-0.2, 0) is 32.0 Å². The highest BCUT2D eigenvalue weighted by Crippen LogP contribution is 2.14. The Morgan fingerprint density at radius 2 is 1.49 bits per heavy atom. The third-order valence-electron chi connectivity index (χ3n) is 7.08. The zero-order valence-corrected chi connectivity index (χ0v) is 22.4. The Labute approximate surface area is 228 Å². The molecule has 0 saturated carbocycles. The second-order valence-corrected chi connectivity index (χ2v) is 10.0. The Morgan fingerprint density at radius 1 is 0.897 bits per heavy atom. The highest BCUT2D eigenvalue weighted by atomic mass is 16.4. The van der Waals surface area contributed by atoms with Gasteiger partial charge in [0.25, 0.3) is 0 Å². The van der Waals surface area contributed by atoms with Crippen LogP contribution in [-0.4, -0.2) is 64.6 Å². The third kappa shape index (κ3) is 8.81. The van der Waals surface area contributed by atoms with Gasteiger partial charge in [-0.2, -0.15) is 0 Å². The molecule has 5 atom stereocenters. The minimum atomic E-state index is -1.15. The van der Waals surface area contributed by atoms with Crippen LogP contribution in [0.5, 0.6) is 5.75 Å². The van der Waals surface area contributed by atoms with E-state index in [1.54, 1.807) is 19.1 Å². The van der Waals surface area contributed by atoms with Gasteiger partial charge in [-0.15, -0.1) is 0 Å². The summed E-state index contributed by atoms with van der Waals surface area (Å²) in [7, 11) is 0. The minimum absolute atomic E-state index is 0.0767. The van der Waals surface area contributed by atoms with E-state index >= 15 is 0 Å². The van der Waals surface area contributed by atoms with Gasteiger partial charge in [-0.3, -0.25) is 14.4 Å². The van der Waals surface area contributed by atoms with E-state index in [0.717, 1.165) is 12.0 Å². The number of carbonyl (C=O) groups excluding carboxylic acids is 3. The lowest BCUT2D eigenvalue weighted by Gasteiger charge is -2.27. The molecular formula is C29H38N4O6. The number of phenols is 1. The van der Waals surface area contributed by atoms with Crippen molar-refractivity contribution in [1.82, 2.24) is 21.3 Å². The number of nitrogens with one attached hydrogen (secondary N) is 4. The molecule has 10 nitrogen and oxygen atoms in total. The molecular weight excluding hydrogens is 500 g/mol. The zero-order valence-electron chi connectivity index (χ0n) is 22.4. The van der Waals surface area contributed by atoms with Crippen molar-refractivity contribution in [1.29, 1.82) is 0 Å². The van der Waals surface area contributed by atoms with Crippen LogP contribution in [0.2, 0.25) is 0 Å². The van der Waals surface area contributed by atoms with Gasteiger partial charge in [-0.1, -0.05) is 62.7 Å². The van der Waals surface area contributed by atoms with E-state index in [1.165, 1.54) is 12.1 Å². The number of hydrogen-bond donors (Lipinski definition) is 6. The first-order valence-electron chi connectivity index (χ1n) is 13.4. The van der Waals surface area contributed by atoms with Crippen molar-refractivity contribution in [3.8, 4) is 5.75 Å². The molecule has 1 aliphatic heterocycles. The van der Waals surface area contributed by atoms with E-state index in [2.05, 4.69) is 21.3 Å². The molecule has 2 aromatic carbocycles. The molecule has 0 bridgehead atoms. The molecule has 0 spiro atoms. The Bertz CT molecular complexity index is 1120. The summed E-state index contributed by atoms with van der Waals surface area (Å²) in [6.45, 7) is 4.29. The van der Waals surface area contributed by atoms with Crippen molar-refractivity contribution in [3.05, 3.63) is 65.7 Å². The van der Waals surface area contributed by atoms with Gasteiger partial charge in [0, 0.05) is 12.8 Å². The number of carbonyl (C=O) groups is 4. The highest BCUT2D eigenvalue weighted by molar-refractivity contribution is 5.94. The number of benzene rings is 2. The maximum atomic E-state index is 13.6. The number of phenolic OH excluding ortho intramolecular Hbond substituents is 1. The van der Waals surface area contributed by atoms with Crippen LogP contribution in [0.3, 0.4) is 0 Å². The van der Waals surface area contributed by atoms with E-state index < -0.39 is 42.0 Å². The second kappa shape index (κ2) is 14.3. The van der Waals surface area contributed by atoms with E-state index in [1.807, 2.05) is 37.3 Å². The molecule has 3 rings (SSSR count). The number of rotatable bonds is 13. The first-order chi connectivity index (χ1) is 18.7. The van der Waals surface area contributed by atoms with Crippen molar-refractivity contribution in [2.45, 2.75) is 70.1 Å². The summed E-state index contributed by atoms with van der Waals surface area (Å²) in [5.41, 5.74) is 1.49. The summed E-state index contributed by atoms with van der Waals surface area (Å²) in [6.07, 6.45) is 2.32. The monoisotopic (exact) mass is 538 g/mol. The SMILES string of the molecule is CCC(C)C(NC(=O)C(Cc1ccccc1)NC(=O)C(Cc1ccc(O)cc1)NC(=O)C1CCCN1)C(=O)O. The van der Waals surface area contributed by atoms with Gasteiger partial charge in [0.1, 0.15) is 23.9 Å². The standard InChI is InChI=1S/C29H38N4O6/c1-3-18(2)25(29(38)39)33-28(37)24(16-19-8-5-4-6-9-19)32-27(36)23(17-20-11-13-21(34)14-12-20)31-26(35)22-10-7-15-30-22/h4-6,8-9,11-14,18,22-25,30,34H,3,7,10,15-17H2,1-2H3,(H,31,35)(H,32,36)(H,33,37)(H,38,39). The topological polar surface area (TPSA) is 157 Å². The fraction of sp³-hybridized carbons (Fsp3) is 0.448. The van der Waals surface area contributed by atoms with Gasteiger partial charge in [0.2, 0.25) is 17.7 Å². The highest BCUT2D eigenvalue weighted by Gasteiger charge is 2.33. The maximum Gasteiger partial charge on any atom is 0.326 e. The molecule has 5 unspecified atom stereocenters. The van der Waals surface area contributed by atoms with Crippen molar-refractivity contribution in [3.63, 3.8) is 0 Å². The Hall–Kier alpha value is -3.92. The average molecular weight is 539 g/mol. The fourth-order valence-corrected chi connectivity index (χ4v) is 4.53. The van der Waals surface area contributed by atoms with Crippen molar-refractivity contribution < 1.29 is 29.4 Å². The summed E-state index contributed by atoms with van der Waals surface area (Å²) in [6, 6.07) is 11.8. The Morgan fingerprint density at radius 3 is 2.05 bits per heavy atom. The normalized spacial score (nSPS) is 17.8. The van der Waals surface area contributed by atoms with Gasteiger partial charge in [0.15, 0.2) is 0 Å². The third-order valence-corrected chi connectivity index (χ3v) is 7.08. The van der Waals surface area contributed by atoms with Gasteiger partial charge in [-0.05, 0) is 48.6 Å². The Kier molecular flexibility index (Phi) is 10.9. The summed E-state index contributed by atoms with van der Waals surface area (Å²) >= 11 is 0. The number of aromatic hydroxyl groups is 1. The summed E-state index contributed by atoms with van der Waals surface area (Å²) in [5.74, 6) is -2.89. The average Bonchev–Trinajstić information content (AvgIpc) is 3.47. The molecule has 0 radical (unpaired) electrons. The molecule has 10 heteroatoms. The van der Waals surface area contributed by atoms with Crippen LogP contribution < -0.4 is 21.3 Å². The number of amides is 3. The summed E-state index contributed by atoms with van der Waals surface area (Å²) in [4.78, 5) is 51.7. The van der Waals surface area contributed by atoms with Gasteiger partial charge < -0.3 is 31.5 Å². The second-order valence-electron chi connectivity index (χ2n) is 10.0. The Balaban J connectivity index is 1.83. The molecule has 1 heterocycles. The zero-order chi connectivity index (χ0) is 28.4. The molecule has 39 heavy (non-hydrogen) atoms. The van der Waals surface area contributed by atoms with Crippen LogP contribution in [0.25, 0.3) is 0 Å². The molecule has 1 saturated heterocycles. The van der Waals surface area contributed by atoms with Crippen molar-refractivity contribution in [2.24, 2.45) is 5.92 Å². The van der Waals surface area contributed by atoms with Crippen molar-refractivity contribution in [2.75, 3.05) is 6.54 Å². The predicted octanol–water partition coefficient (Wildman–Crippen LogP) is 1.51. The first-order valence-corrected chi connectivity index (χ1v) is 13.4. The predicted molar refractivity (Wildman–Crippen MR) is 146 cm³/mol. The van der Waals surface area contributed by atoms with Crippen LogP contribution in [0, 0.1) is 5.92 Å². The lowest BCUT2D eigenvalue weighted by molar-refractivity contribution is -0.143. The van der Waals surface area contributed by atoms with E-state index in [9.17, 15) is 29.4 Å². The number of carboxylic acid groups (broad SMARTS) is 1. The lowest BCUT2D eigenvalue weighted by atomic mass is 9.97. The van der Waals surface area contributed by atoms with E-state index in [0.29, 0.717) is 24.9 Å². The molecule has 2 aromatic rings. The molecule has 0 aromatic heterocycles. The lowest BCUT2D eigenvalue weighted by Crippen LogP contribution is -2.58. The number of aliphatic carboxylic acids is 1. The minimum Gasteiger partial charge on any atom is -0.508 e. The number of hydrogen-bond acceptors (Lipinski definition) is 6.